The van der Waals surface area contributed by atoms with E-state index in [-0.39, 0.29) is 18.2 Å². The van der Waals surface area contributed by atoms with E-state index in [1.165, 1.54) is 77.0 Å². The summed E-state index contributed by atoms with van der Waals surface area (Å²) in [6.07, 6.45) is 19.0. The van der Waals surface area contributed by atoms with E-state index in [4.69, 9.17) is 14.8 Å². The normalized spacial score (nSPS) is 11.8. The number of carbonyl (C=O) groups excluding carboxylic acids is 1. The largest absolute Gasteiger partial charge is 0.496 e. The Hall–Kier alpha value is -4.05. The van der Waals surface area contributed by atoms with Gasteiger partial charge in [-0.25, -0.2) is 4.98 Å². The number of aromatic nitrogens is 5. The van der Waals surface area contributed by atoms with Gasteiger partial charge < -0.3 is 20.1 Å². The van der Waals surface area contributed by atoms with E-state index < -0.39 is 0 Å². The molecule has 4 rings (SSSR count). The standard InChI is InChI=1S/C40H59N7O3/c1-6-9-12-14-16-18-25-46(26-19-17-15-13-10-7-2)36-23-21-32(30(4)42-36)28-34-37(40(49)41-24-11-8-3)45-47-38(43-44-39(34)47)33-27-31(29-48)20-22-35(33)50-5/h20-23,27-28,48H,6-19,24-26,29H2,1-5H3,(H,41,49)/b34-28-. The molecule has 0 bridgehead atoms. The van der Waals surface area contributed by atoms with Crippen LogP contribution in [0.3, 0.4) is 0 Å². The third-order valence-electron chi connectivity index (χ3n) is 9.35. The number of unbranched alkanes of at least 4 members (excludes halogenated alkanes) is 11. The van der Waals surface area contributed by atoms with Crippen LogP contribution in [0.4, 0.5) is 5.82 Å². The fourth-order valence-electron chi connectivity index (χ4n) is 6.31. The number of aliphatic hydroxyl groups excluding tert-OH is 1. The smallest absolute Gasteiger partial charge is 0.272 e. The second-order valence-corrected chi connectivity index (χ2v) is 13.3. The third kappa shape index (κ3) is 10.5. The number of rotatable bonds is 23. The fraction of sp³-hybridized carbons (Fsp3) is 0.575. The van der Waals surface area contributed by atoms with Crippen molar-refractivity contribution in [1.29, 1.82) is 0 Å². The van der Waals surface area contributed by atoms with Gasteiger partial charge in [-0.1, -0.05) is 97.5 Å². The summed E-state index contributed by atoms with van der Waals surface area (Å²) in [5.74, 6) is 1.75. The van der Waals surface area contributed by atoms with Gasteiger partial charge in [0.25, 0.3) is 5.91 Å². The predicted molar refractivity (Wildman–Crippen MR) is 203 cm³/mol. The average Bonchev–Trinajstić information content (AvgIpc) is 3.70. The maximum Gasteiger partial charge on any atom is 0.272 e. The van der Waals surface area contributed by atoms with E-state index in [0.717, 1.165) is 43.0 Å². The third-order valence-corrected chi connectivity index (χ3v) is 9.35. The van der Waals surface area contributed by atoms with E-state index in [1.54, 1.807) is 23.8 Å². The van der Waals surface area contributed by atoms with Crippen molar-refractivity contribution in [3.05, 3.63) is 58.1 Å². The zero-order chi connectivity index (χ0) is 35.7. The van der Waals surface area contributed by atoms with Crippen LogP contribution in [0.1, 0.15) is 138 Å². The topological polar surface area (TPSA) is 118 Å². The first-order chi connectivity index (χ1) is 24.4. The van der Waals surface area contributed by atoms with E-state index in [2.05, 4.69) is 53.3 Å². The van der Waals surface area contributed by atoms with Crippen LogP contribution < -0.4 is 20.2 Å². The highest BCUT2D eigenvalue weighted by atomic mass is 16.5. The lowest BCUT2D eigenvalue weighted by molar-refractivity contribution is 0.0947. The van der Waals surface area contributed by atoms with Crippen LogP contribution in [-0.4, -0.2) is 62.6 Å². The predicted octanol–water partition coefficient (Wildman–Crippen LogP) is 7.60. The van der Waals surface area contributed by atoms with E-state index in [0.29, 0.717) is 40.1 Å². The summed E-state index contributed by atoms with van der Waals surface area (Å²) in [4.78, 5) is 21.1. The minimum absolute atomic E-state index is 0.130. The number of carbonyl (C=O) groups is 1. The molecule has 0 unspecified atom stereocenters. The van der Waals surface area contributed by atoms with Crippen LogP contribution in [0.5, 0.6) is 5.75 Å². The molecule has 2 N–H and O–H groups in total. The molecule has 3 aromatic heterocycles. The lowest BCUT2D eigenvalue weighted by Crippen LogP contribution is -2.29. The summed E-state index contributed by atoms with van der Waals surface area (Å²) in [5, 5.41) is 27.1. The highest BCUT2D eigenvalue weighted by molar-refractivity contribution is 5.94. The van der Waals surface area contributed by atoms with E-state index >= 15 is 0 Å². The number of fused-ring (bicyclic) bond motifs is 1. The van der Waals surface area contributed by atoms with Crippen LogP contribution in [0.15, 0.2) is 30.3 Å². The van der Waals surface area contributed by atoms with Gasteiger partial charge in [0.2, 0.25) is 0 Å². The molecule has 0 saturated heterocycles. The van der Waals surface area contributed by atoms with Crippen LogP contribution in [-0.2, 0) is 6.61 Å². The van der Waals surface area contributed by atoms with Gasteiger partial charge in [-0.15, -0.1) is 10.2 Å². The Morgan fingerprint density at radius 3 is 2.16 bits per heavy atom. The Kier molecular flexibility index (Phi) is 15.9. The van der Waals surface area contributed by atoms with Crippen molar-refractivity contribution in [2.24, 2.45) is 0 Å². The van der Waals surface area contributed by atoms with Crippen molar-refractivity contribution in [2.75, 3.05) is 31.6 Å². The molecule has 0 atom stereocenters. The number of hydrogen-bond acceptors (Lipinski definition) is 8. The first-order valence-corrected chi connectivity index (χ1v) is 19.0. The molecular weight excluding hydrogens is 626 g/mol. The molecule has 10 heteroatoms. The maximum atomic E-state index is 13.5. The van der Waals surface area contributed by atoms with Gasteiger partial charge in [0, 0.05) is 25.3 Å². The maximum absolute atomic E-state index is 13.5. The molecule has 0 spiro atoms. The van der Waals surface area contributed by atoms with Crippen LogP contribution in [0.25, 0.3) is 23.1 Å². The summed E-state index contributed by atoms with van der Waals surface area (Å²) in [7, 11) is 1.59. The van der Waals surface area contributed by atoms with Crippen molar-refractivity contribution in [3.8, 4) is 17.1 Å². The number of benzene rings is 1. The van der Waals surface area contributed by atoms with Crippen molar-refractivity contribution in [3.63, 3.8) is 0 Å². The average molecular weight is 686 g/mol. The number of nitrogens with one attached hydrogen (secondary N) is 1. The summed E-state index contributed by atoms with van der Waals surface area (Å²) < 4.78 is 7.21. The Labute approximate surface area is 298 Å². The lowest BCUT2D eigenvalue weighted by atomic mass is 10.1. The zero-order valence-corrected chi connectivity index (χ0v) is 31.1. The van der Waals surface area contributed by atoms with Crippen molar-refractivity contribution >= 4 is 23.4 Å². The summed E-state index contributed by atoms with van der Waals surface area (Å²) >= 11 is 0. The fourth-order valence-corrected chi connectivity index (χ4v) is 6.31. The minimum atomic E-state index is -0.261. The van der Waals surface area contributed by atoms with Crippen LogP contribution >= 0.6 is 0 Å². The number of amides is 1. The first-order valence-electron chi connectivity index (χ1n) is 19.0. The summed E-state index contributed by atoms with van der Waals surface area (Å²) in [6.45, 7) is 11.1. The number of aliphatic hydroxyl groups is 1. The van der Waals surface area contributed by atoms with Gasteiger partial charge in [-0.05, 0) is 67.7 Å². The Bertz CT molecular complexity index is 1670. The van der Waals surface area contributed by atoms with Gasteiger partial charge in [0.15, 0.2) is 17.2 Å². The number of aryl methyl sites for hydroxylation is 1. The van der Waals surface area contributed by atoms with E-state index in [1.807, 2.05) is 19.1 Å². The molecular formula is C40H59N7O3. The van der Waals surface area contributed by atoms with Crippen LogP contribution in [0.2, 0.25) is 0 Å². The number of nitrogens with zero attached hydrogens (tertiary/aromatic N) is 6. The van der Waals surface area contributed by atoms with E-state index in [9.17, 15) is 9.90 Å². The molecule has 10 nitrogen and oxygen atoms in total. The van der Waals surface area contributed by atoms with Crippen molar-refractivity contribution in [1.82, 2.24) is 30.1 Å². The van der Waals surface area contributed by atoms with Gasteiger partial charge in [0.05, 0.1) is 24.5 Å². The van der Waals surface area contributed by atoms with Gasteiger partial charge >= 0.3 is 0 Å². The van der Waals surface area contributed by atoms with Crippen LogP contribution in [0, 0.1) is 6.92 Å². The quantitative estimate of drug-likeness (QED) is 0.0767. The van der Waals surface area contributed by atoms with Gasteiger partial charge in [-0.2, -0.15) is 9.61 Å². The highest BCUT2D eigenvalue weighted by Crippen LogP contribution is 2.30. The number of methoxy groups -OCH3 is 1. The van der Waals surface area contributed by atoms with Crippen molar-refractivity contribution in [2.45, 2.75) is 124 Å². The molecule has 4 aromatic rings. The summed E-state index contributed by atoms with van der Waals surface area (Å²) in [5.41, 5.74) is 3.86. The highest BCUT2D eigenvalue weighted by Gasteiger charge is 2.22. The van der Waals surface area contributed by atoms with Gasteiger partial charge in [0.1, 0.15) is 11.6 Å². The molecule has 0 aliphatic rings. The van der Waals surface area contributed by atoms with Gasteiger partial charge in [-0.3, -0.25) is 4.79 Å². The summed E-state index contributed by atoms with van der Waals surface area (Å²) in [6, 6.07) is 9.60. The monoisotopic (exact) mass is 685 g/mol. The molecule has 0 fully saturated rings. The lowest BCUT2D eigenvalue weighted by Gasteiger charge is -2.24. The zero-order valence-electron chi connectivity index (χ0n) is 31.1. The molecule has 0 radical (unpaired) electrons. The molecule has 0 aliphatic carbocycles. The molecule has 272 valence electrons. The molecule has 0 saturated carbocycles. The Morgan fingerprint density at radius 2 is 1.54 bits per heavy atom. The molecule has 3 heterocycles. The first kappa shape index (κ1) is 38.7. The molecule has 1 aromatic carbocycles. The number of ether oxygens (including phenoxy) is 1. The Balaban J connectivity index is 1.68. The number of anilines is 1. The molecule has 1 amide bonds. The number of pyridine rings is 1. The Morgan fingerprint density at radius 1 is 0.880 bits per heavy atom. The minimum Gasteiger partial charge on any atom is -0.496 e. The van der Waals surface area contributed by atoms with Crippen molar-refractivity contribution < 1.29 is 14.6 Å². The number of hydrogen-bond donors (Lipinski definition) is 2. The second kappa shape index (κ2) is 20.6. The molecule has 50 heavy (non-hydrogen) atoms. The molecule has 0 aliphatic heterocycles. The SMILES string of the molecule is CCCCCCCCN(CCCCCCCC)c1ccc(/C=c2/c(C(=O)NCCCC)nn3c(-c4cc(CO)ccc4OC)nnc23)c(C)n1. The second-order valence-electron chi connectivity index (χ2n) is 13.3.